The summed E-state index contributed by atoms with van der Waals surface area (Å²) in [6, 6.07) is 0. The molecule has 0 rings (SSSR count). The highest BCUT2D eigenvalue weighted by Crippen LogP contribution is 1.95. The van der Waals surface area contributed by atoms with Gasteiger partial charge in [0, 0.05) is 5.38 Å². The van der Waals surface area contributed by atoms with Crippen LogP contribution in [0.1, 0.15) is 20.3 Å². The number of hydrogen-bond donors (Lipinski definition) is 0. The van der Waals surface area contributed by atoms with Gasteiger partial charge in [-0.25, -0.2) is 0 Å². The van der Waals surface area contributed by atoms with E-state index in [0.29, 0.717) is 5.38 Å². The lowest BCUT2D eigenvalue weighted by atomic mass is 10.4. The van der Waals surface area contributed by atoms with Gasteiger partial charge < -0.3 is 0 Å². The molecule has 0 saturated heterocycles. The van der Waals surface area contributed by atoms with Crippen LogP contribution in [-0.4, -0.2) is 5.38 Å². The monoisotopic (exact) mass is 154 g/mol. The van der Waals surface area contributed by atoms with Crippen LogP contribution in [0.4, 0.5) is 0 Å². The van der Waals surface area contributed by atoms with E-state index in [9.17, 15) is 0 Å². The lowest BCUT2D eigenvalue weighted by molar-refractivity contribution is 0.895. The summed E-state index contributed by atoms with van der Waals surface area (Å²) in [6.07, 6.45) is 1.07. The van der Waals surface area contributed by atoms with Crippen LogP contribution in [0.2, 0.25) is 0 Å². The van der Waals surface area contributed by atoms with Crippen LogP contribution in [0.25, 0.3) is 0 Å². The van der Waals surface area contributed by atoms with Crippen molar-refractivity contribution in [1.82, 2.24) is 0 Å². The van der Waals surface area contributed by atoms with Gasteiger partial charge in [0.2, 0.25) is 0 Å². The van der Waals surface area contributed by atoms with Gasteiger partial charge in [-0.3, -0.25) is 0 Å². The summed E-state index contributed by atoms with van der Waals surface area (Å²) in [7, 11) is 0. The van der Waals surface area contributed by atoms with Gasteiger partial charge in [-0.05, 0) is 18.9 Å². The largest absolute Gasteiger partial charge is 0.123 e. The van der Waals surface area contributed by atoms with Gasteiger partial charge in [-0.1, -0.05) is 25.1 Å². The summed E-state index contributed by atoms with van der Waals surface area (Å²) in [5.74, 6) is 0. The first-order valence-corrected chi connectivity index (χ1v) is 3.41. The van der Waals surface area contributed by atoms with E-state index in [1.54, 1.807) is 0 Å². The molecule has 0 nitrogen and oxygen atoms in total. The van der Waals surface area contributed by atoms with Crippen molar-refractivity contribution in [2.75, 3.05) is 0 Å². The lowest BCUT2D eigenvalue weighted by Crippen LogP contribution is -1.81. The molecular weight excluding hydrogens is 143 g/mol. The fourth-order valence-electron chi connectivity index (χ4n) is 0. The summed E-state index contributed by atoms with van der Waals surface area (Å²) >= 11 is 10.2. The second-order valence-corrected chi connectivity index (χ2v) is 2.40. The molecule has 0 saturated carbocycles. The summed E-state index contributed by atoms with van der Waals surface area (Å²) in [5.41, 5.74) is 1.22. The van der Waals surface area contributed by atoms with E-state index >= 15 is 0 Å². The molecule has 0 heterocycles. The quantitative estimate of drug-likeness (QED) is 0.509. The second kappa shape index (κ2) is 10.3. The molecule has 50 valence electrons. The van der Waals surface area contributed by atoms with Crippen LogP contribution in [0, 0.1) is 0 Å². The fourth-order valence-corrected chi connectivity index (χ4v) is 0. The second-order valence-electron chi connectivity index (χ2n) is 1.34. The Balaban J connectivity index is 0. The van der Waals surface area contributed by atoms with E-state index in [1.165, 1.54) is 5.54 Å². The van der Waals surface area contributed by atoms with Crippen LogP contribution < -0.4 is 0 Å². The van der Waals surface area contributed by atoms with Gasteiger partial charge in [0.25, 0.3) is 0 Å². The first-order valence-electron chi connectivity index (χ1n) is 2.54. The first kappa shape index (κ1) is 11.2. The third kappa shape index (κ3) is 33.2. The molecule has 0 aliphatic rings. The van der Waals surface area contributed by atoms with Crippen molar-refractivity contribution < 1.29 is 0 Å². The van der Waals surface area contributed by atoms with E-state index in [4.69, 9.17) is 23.2 Å². The molecule has 0 aromatic carbocycles. The number of rotatable bonds is 1. The normalized spacial score (nSPS) is 11.0. The van der Waals surface area contributed by atoms with E-state index in [0.717, 1.165) is 6.42 Å². The third-order valence-corrected chi connectivity index (χ3v) is 0.871. The molecule has 0 aromatic heterocycles. The standard InChI is InChI=1S/C4H9Cl.C2H3Cl/c1-3-4(2)5;1-2-3/h4H,3H2,1-2H3;2H,1H2/t4-;/m1./s1. The maximum atomic E-state index is 5.46. The van der Waals surface area contributed by atoms with Crippen LogP contribution in [0.15, 0.2) is 12.1 Å². The average molecular weight is 155 g/mol. The minimum Gasteiger partial charge on any atom is -0.123 e. The van der Waals surface area contributed by atoms with Gasteiger partial charge in [0.15, 0.2) is 0 Å². The van der Waals surface area contributed by atoms with Crippen molar-refractivity contribution in [2.45, 2.75) is 25.6 Å². The molecule has 0 amide bonds. The Hall–Kier alpha value is 0.320. The van der Waals surface area contributed by atoms with Crippen molar-refractivity contribution in [2.24, 2.45) is 0 Å². The molecule has 0 aliphatic heterocycles. The molecule has 2 heteroatoms. The highest BCUT2D eigenvalue weighted by atomic mass is 35.5. The molecule has 0 bridgehead atoms. The Morgan fingerprint density at radius 2 is 1.88 bits per heavy atom. The molecule has 0 aliphatic carbocycles. The van der Waals surface area contributed by atoms with Crippen LogP contribution in [-0.2, 0) is 0 Å². The van der Waals surface area contributed by atoms with E-state index in [2.05, 4.69) is 13.5 Å². The molecule has 0 radical (unpaired) electrons. The summed E-state index contributed by atoms with van der Waals surface area (Å²) < 4.78 is 0. The zero-order valence-corrected chi connectivity index (χ0v) is 6.84. The minimum absolute atomic E-state index is 0.356. The minimum atomic E-state index is 0.356. The number of halogens is 2. The Bertz CT molecular complexity index is 41.8. The van der Waals surface area contributed by atoms with Gasteiger partial charge in [-0.15, -0.1) is 11.6 Å². The smallest absolute Gasteiger partial charge is 0.0305 e. The molecule has 0 aromatic rings. The topological polar surface area (TPSA) is 0 Å². The summed E-state index contributed by atoms with van der Waals surface area (Å²) in [4.78, 5) is 0. The Labute approximate surface area is 61.5 Å². The Kier molecular flexibility index (Phi) is 14.4. The van der Waals surface area contributed by atoms with E-state index < -0.39 is 0 Å². The molecule has 1 atom stereocenters. The Morgan fingerprint density at radius 1 is 1.75 bits per heavy atom. The average Bonchev–Trinajstić information content (AvgIpc) is 1.69. The molecule has 0 unspecified atom stereocenters. The van der Waals surface area contributed by atoms with E-state index in [-0.39, 0.29) is 0 Å². The number of alkyl halides is 1. The van der Waals surface area contributed by atoms with Crippen molar-refractivity contribution >= 4 is 23.2 Å². The molecule has 0 N–H and O–H groups in total. The van der Waals surface area contributed by atoms with Crippen molar-refractivity contribution in [3.63, 3.8) is 0 Å². The zero-order chi connectivity index (χ0) is 6.99. The summed E-state index contributed by atoms with van der Waals surface area (Å²) in [5, 5.41) is 0.356. The summed E-state index contributed by atoms with van der Waals surface area (Å²) in [6.45, 7) is 7.18. The van der Waals surface area contributed by atoms with E-state index in [1.807, 2.05) is 6.92 Å². The van der Waals surface area contributed by atoms with Crippen molar-refractivity contribution in [1.29, 1.82) is 0 Å². The fraction of sp³-hybridized carbons (Fsp3) is 0.667. The van der Waals surface area contributed by atoms with Crippen LogP contribution >= 0.6 is 23.2 Å². The predicted octanol–water partition coefficient (Wildman–Crippen LogP) is 3.39. The molecule has 0 fully saturated rings. The maximum absolute atomic E-state index is 5.46. The highest BCUT2D eigenvalue weighted by molar-refractivity contribution is 6.25. The molecule has 0 spiro atoms. The van der Waals surface area contributed by atoms with Gasteiger partial charge in [-0.2, -0.15) is 0 Å². The van der Waals surface area contributed by atoms with Crippen molar-refractivity contribution in [3.05, 3.63) is 12.1 Å². The zero-order valence-electron chi connectivity index (χ0n) is 5.32. The van der Waals surface area contributed by atoms with Crippen LogP contribution in [0.5, 0.6) is 0 Å². The maximum Gasteiger partial charge on any atom is 0.0305 e. The SMILES string of the molecule is C=CCl.CC[C@@H](C)Cl. The Morgan fingerprint density at radius 3 is 1.88 bits per heavy atom. The number of hydrogen-bond acceptors (Lipinski definition) is 0. The lowest BCUT2D eigenvalue weighted by Gasteiger charge is -1.87. The van der Waals surface area contributed by atoms with Gasteiger partial charge in [0.05, 0.1) is 0 Å². The van der Waals surface area contributed by atoms with Gasteiger partial charge in [0.1, 0.15) is 0 Å². The van der Waals surface area contributed by atoms with Gasteiger partial charge >= 0.3 is 0 Å². The third-order valence-electron chi connectivity index (χ3n) is 0.563. The van der Waals surface area contributed by atoms with Crippen LogP contribution in [0.3, 0.4) is 0 Å². The predicted molar refractivity (Wildman–Crippen MR) is 41.7 cm³/mol. The first-order chi connectivity index (χ1) is 3.68. The van der Waals surface area contributed by atoms with Crippen molar-refractivity contribution in [3.8, 4) is 0 Å². The highest BCUT2D eigenvalue weighted by Gasteiger charge is 1.83. The molecule has 8 heavy (non-hydrogen) atoms. The molecular formula is C6H12Cl2.